The molecule has 0 heterocycles. The van der Waals surface area contributed by atoms with Crippen LogP contribution in [-0.2, 0) is 4.74 Å². The molecule has 3 nitrogen and oxygen atoms in total. The van der Waals surface area contributed by atoms with Crippen LogP contribution < -0.4 is 11.3 Å². The highest BCUT2D eigenvalue weighted by atomic mass is 16.5. The molecule has 0 bridgehead atoms. The zero-order valence-corrected chi connectivity index (χ0v) is 8.98. The lowest BCUT2D eigenvalue weighted by atomic mass is 9.91. The standard InChI is InChI=1S/C10H20N2O/c1-5-7-8-9(12-11)10(3,6-2)13-4/h9,12H,6,8,11H2,1-4H3. The van der Waals surface area contributed by atoms with E-state index in [1.807, 2.05) is 13.8 Å². The van der Waals surface area contributed by atoms with E-state index in [0.717, 1.165) is 6.42 Å². The van der Waals surface area contributed by atoms with E-state index in [1.165, 1.54) is 0 Å². The molecule has 0 saturated heterocycles. The maximum Gasteiger partial charge on any atom is 0.0823 e. The summed E-state index contributed by atoms with van der Waals surface area (Å²) in [7, 11) is 1.70. The van der Waals surface area contributed by atoms with Gasteiger partial charge in [0.2, 0.25) is 0 Å². The number of rotatable bonds is 5. The van der Waals surface area contributed by atoms with Crippen molar-refractivity contribution < 1.29 is 4.74 Å². The Morgan fingerprint density at radius 2 is 2.23 bits per heavy atom. The van der Waals surface area contributed by atoms with Crippen LogP contribution >= 0.6 is 0 Å². The lowest BCUT2D eigenvalue weighted by Crippen LogP contribution is -2.52. The first-order valence-electron chi connectivity index (χ1n) is 4.55. The van der Waals surface area contributed by atoms with Crippen LogP contribution in [-0.4, -0.2) is 18.8 Å². The Morgan fingerprint density at radius 1 is 1.62 bits per heavy atom. The lowest BCUT2D eigenvalue weighted by Gasteiger charge is -2.34. The molecule has 3 heteroatoms. The van der Waals surface area contributed by atoms with Crippen molar-refractivity contribution in [2.75, 3.05) is 7.11 Å². The molecule has 0 aliphatic rings. The van der Waals surface area contributed by atoms with E-state index >= 15 is 0 Å². The fourth-order valence-electron chi connectivity index (χ4n) is 1.19. The summed E-state index contributed by atoms with van der Waals surface area (Å²) in [6.45, 7) is 5.94. The number of methoxy groups -OCH3 is 1. The molecule has 0 aliphatic carbocycles. The van der Waals surface area contributed by atoms with Gasteiger partial charge in [-0.3, -0.25) is 11.3 Å². The van der Waals surface area contributed by atoms with Crippen molar-refractivity contribution in [3.63, 3.8) is 0 Å². The van der Waals surface area contributed by atoms with Gasteiger partial charge in [-0.15, -0.1) is 11.8 Å². The molecule has 0 amide bonds. The minimum Gasteiger partial charge on any atom is -0.377 e. The molecule has 0 rings (SSSR count). The van der Waals surface area contributed by atoms with Crippen LogP contribution in [0, 0.1) is 11.8 Å². The highest BCUT2D eigenvalue weighted by molar-refractivity contribution is 5.02. The minimum atomic E-state index is -0.238. The van der Waals surface area contributed by atoms with Crippen LogP contribution in [0.15, 0.2) is 0 Å². The Bertz CT molecular complexity index is 189. The number of hydrazine groups is 1. The maximum atomic E-state index is 5.45. The predicted octanol–water partition coefficient (Wildman–Crippen LogP) is 1.05. The quantitative estimate of drug-likeness (QED) is 0.381. The largest absolute Gasteiger partial charge is 0.377 e. The number of nitrogens with two attached hydrogens (primary N) is 1. The molecule has 13 heavy (non-hydrogen) atoms. The van der Waals surface area contributed by atoms with E-state index in [9.17, 15) is 0 Å². The van der Waals surface area contributed by atoms with Gasteiger partial charge < -0.3 is 4.74 Å². The molecule has 2 unspecified atom stereocenters. The Kier molecular flexibility index (Phi) is 5.72. The minimum absolute atomic E-state index is 0.0787. The number of ether oxygens (including phenoxy) is 1. The van der Waals surface area contributed by atoms with Gasteiger partial charge in [-0.1, -0.05) is 6.92 Å². The average Bonchev–Trinajstić information content (AvgIpc) is 2.18. The summed E-state index contributed by atoms with van der Waals surface area (Å²) < 4.78 is 5.43. The van der Waals surface area contributed by atoms with Gasteiger partial charge in [0, 0.05) is 13.5 Å². The molecule has 2 atom stereocenters. The summed E-state index contributed by atoms with van der Waals surface area (Å²) in [5.74, 6) is 11.3. The molecule has 3 N–H and O–H groups in total. The van der Waals surface area contributed by atoms with Gasteiger partial charge in [-0.05, 0) is 20.3 Å². The van der Waals surface area contributed by atoms with Gasteiger partial charge in [0.25, 0.3) is 0 Å². The molecule has 0 aromatic heterocycles. The second-order valence-corrected chi connectivity index (χ2v) is 3.22. The Labute approximate surface area is 81.0 Å². The molecule has 76 valence electrons. The summed E-state index contributed by atoms with van der Waals surface area (Å²) in [5, 5.41) is 0. The van der Waals surface area contributed by atoms with Gasteiger partial charge in [-0.2, -0.15) is 0 Å². The molecular weight excluding hydrogens is 164 g/mol. The van der Waals surface area contributed by atoms with E-state index < -0.39 is 0 Å². The summed E-state index contributed by atoms with van der Waals surface area (Å²) in [6, 6.07) is 0.0787. The molecule has 0 radical (unpaired) electrons. The fraction of sp³-hybridized carbons (Fsp3) is 0.800. The van der Waals surface area contributed by atoms with Crippen molar-refractivity contribution in [1.82, 2.24) is 5.43 Å². The molecule has 0 aliphatic heterocycles. The van der Waals surface area contributed by atoms with Crippen molar-refractivity contribution in [2.24, 2.45) is 5.84 Å². The molecule has 0 fully saturated rings. The van der Waals surface area contributed by atoms with Gasteiger partial charge in [0.15, 0.2) is 0 Å². The average molecular weight is 184 g/mol. The summed E-state index contributed by atoms with van der Waals surface area (Å²) in [5.41, 5.74) is 2.51. The maximum absolute atomic E-state index is 5.45. The van der Waals surface area contributed by atoms with Crippen LogP contribution in [0.25, 0.3) is 0 Å². The topological polar surface area (TPSA) is 47.3 Å². The van der Waals surface area contributed by atoms with Crippen molar-refractivity contribution in [3.8, 4) is 11.8 Å². The smallest absolute Gasteiger partial charge is 0.0823 e. The first kappa shape index (κ1) is 12.4. The van der Waals surface area contributed by atoms with Gasteiger partial charge in [0.05, 0.1) is 11.6 Å². The first-order valence-corrected chi connectivity index (χ1v) is 4.55. The van der Waals surface area contributed by atoms with E-state index in [2.05, 4.69) is 24.2 Å². The highest BCUT2D eigenvalue weighted by Crippen LogP contribution is 2.20. The van der Waals surface area contributed by atoms with Crippen molar-refractivity contribution in [3.05, 3.63) is 0 Å². The number of hydrogen-bond acceptors (Lipinski definition) is 3. The van der Waals surface area contributed by atoms with Crippen molar-refractivity contribution in [2.45, 2.75) is 45.3 Å². The summed E-state index contributed by atoms with van der Waals surface area (Å²) >= 11 is 0. The SMILES string of the molecule is CC#CCC(NN)C(C)(CC)OC. The lowest BCUT2D eigenvalue weighted by molar-refractivity contribution is -0.0275. The molecule has 0 saturated carbocycles. The van der Waals surface area contributed by atoms with Crippen LogP contribution in [0.2, 0.25) is 0 Å². The Hall–Kier alpha value is -0.560. The normalized spacial score (nSPS) is 17.0. The summed E-state index contributed by atoms with van der Waals surface area (Å²) in [4.78, 5) is 0. The van der Waals surface area contributed by atoms with Gasteiger partial charge >= 0.3 is 0 Å². The highest BCUT2D eigenvalue weighted by Gasteiger charge is 2.30. The third-order valence-electron chi connectivity index (χ3n) is 2.59. The Morgan fingerprint density at radius 3 is 2.54 bits per heavy atom. The first-order chi connectivity index (χ1) is 6.14. The van der Waals surface area contributed by atoms with Crippen LogP contribution in [0.4, 0.5) is 0 Å². The van der Waals surface area contributed by atoms with Crippen LogP contribution in [0.5, 0.6) is 0 Å². The van der Waals surface area contributed by atoms with Crippen LogP contribution in [0.1, 0.15) is 33.6 Å². The second kappa shape index (κ2) is 5.98. The predicted molar refractivity (Wildman–Crippen MR) is 54.9 cm³/mol. The van der Waals surface area contributed by atoms with Crippen molar-refractivity contribution >= 4 is 0 Å². The monoisotopic (exact) mass is 184 g/mol. The number of hydrogen-bond donors (Lipinski definition) is 2. The molecule has 0 spiro atoms. The number of nitrogens with one attached hydrogen (secondary N) is 1. The Balaban J connectivity index is 4.39. The van der Waals surface area contributed by atoms with Crippen molar-refractivity contribution in [1.29, 1.82) is 0 Å². The van der Waals surface area contributed by atoms with Crippen LogP contribution in [0.3, 0.4) is 0 Å². The summed E-state index contributed by atoms with van der Waals surface area (Å²) in [6.07, 6.45) is 1.62. The van der Waals surface area contributed by atoms with Gasteiger partial charge in [-0.25, -0.2) is 0 Å². The second-order valence-electron chi connectivity index (χ2n) is 3.22. The molecule has 0 aromatic carbocycles. The zero-order valence-electron chi connectivity index (χ0n) is 8.98. The molecular formula is C10H20N2O. The third-order valence-corrected chi connectivity index (χ3v) is 2.59. The van der Waals surface area contributed by atoms with Gasteiger partial charge in [0.1, 0.15) is 0 Å². The van der Waals surface area contributed by atoms with E-state index in [-0.39, 0.29) is 11.6 Å². The fourth-order valence-corrected chi connectivity index (χ4v) is 1.19. The zero-order chi connectivity index (χ0) is 10.3. The third kappa shape index (κ3) is 3.35. The van der Waals surface area contributed by atoms with E-state index in [1.54, 1.807) is 7.11 Å². The molecule has 0 aromatic rings. The van der Waals surface area contributed by atoms with E-state index in [4.69, 9.17) is 10.6 Å². The van der Waals surface area contributed by atoms with E-state index in [0.29, 0.717) is 6.42 Å².